The number of likely N-dealkylation sites (tertiary alicyclic amines) is 1. The number of hydrogen-bond donors (Lipinski definition) is 3. The van der Waals surface area contributed by atoms with Gasteiger partial charge in [-0.05, 0) is 34.8 Å². The van der Waals surface area contributed by atoms with Crippen molar-refractivity contribution in [1.82, 2.24) is 4.90 Å². The highest BCUT2D eigenvalue weighted by molar-refractivity contribution is 9.11. The van der Waals surface area contributed by atoms with Crippen LogP contribution in [-0.4, -0.2) is 40.5 Å². The predicted octanol–water partition coefficient (Wildman–Crippen LogP) is 1.69. The van der Waals surface area contributed by atoms with Gasteiger partial charge in [0, 0.05) is 6.54 Å². The summed E-state index contributed by atoms with van der Waals surface area (Å²) >= 11 is 4.33. The Balaban J connectivity index is 2.16. The van der Waals surface area contributed by atoms with Crippen molar-refractivity contribution in [2.45, 2.75) is 18.9 Å². The number of amides is 3. The fourth-order valence-electron chi connectivity index (χ4n) is 2.12. The Kier molecular flexibility index (Phi) is 4.29. The molecule has 2 rings (SSSR count). The van der Waals surface area contributed by atoms with Crippen LogP contribution in [0.15, 0.2) is 9.85 Å². The monoisotopic (exact) mass is 361 g/mol. The van der Waals surface area contributed by atoms with Crippen molar-refractivity contribution in [3.05, 3.63) is 14.7 Å². The first-order valence-corrected chi connectivity index (χ1v) is 7.40. The number of hydrogen-bond acceptors (Lipinski definition) is 4. The molecule has 0 aromatic carbocycles. The van der Waals surface area contributed by atoms with E-state index in [-0.39, 0.29) is 4.88 Å². The van der Waals surface area contributed by atoms with Crippen LogP contribution in [0.1, 0.15) is 22.5 Å². The molecule has 0 bridgehead atoms. The van der Waals surface area contributed by atoms with Crippen LogP contribution in [-0.2, 0) is 4.79 Å². The fourth-order valence-corrected chi connectivity index (χ4v) is 3.53. The van der Waals surface area contributed by atoms with Crippen molar-refractivity contribution < 1.29 is 19.5 Å². The molecule has 20 heavy (non-hydrogen) atoms. The molecule has 0 spiro atoms. The van der Waals surface area contributed by atoms with Crippen LogP contribution in [0.25, 0.3) is 0 Å². The standard InChI is InChI=1S/C11H12BrN3O4S/c12-7-4-5(8(20-7)9(13)16)14-10(17)6-2-1-3-15(6)11(18)19/h4,6H,1-3H2,(H2,13,16)(H,14,17)(H,18,19)/t6-/m0/s1. The molecular formula is C11H12BrN3O4S. The largest absolute Gasteiger partial charge is 0.465 e. The van der Waals surface area contributed by atoms with Crippen LogP contribution in [0.3, 0.4) is 0 Å². The zero-order valence-electron chi connectivity index (χ0n) is 10.3. The van der Waals surface area contributed by atoms with Crippen molar-refractivity contribution in [3.8, 4) is 0 Å². The van der Waals surface area contributed by atoms with Crippen molar-refractivity contribution >= 4 is 50.9 Å². The van der Waals surface area contributed by atoms with Gasteiger partial charge in [0.1, 0.15) is 10.9 Å². The number of thiophene rings is 1. The number of anilines is 1. The molecule has 0 unspecified atom stereocenters. The maximum absolute atomic E-state index is 12.1. The highest BCUT2D eigenvalue weighted by Crippen LogP contribution is 2.31. The van der Waals surface area contributed by atoms with E-state index in [0.29, 0.717) is 28.9 Å². The van der Waals surface area contributed by atoms with Crippen LogP contribution in [0.5, 0.6) is 0 Å². The number of carboxylic acid groups (broad SMARTS) is 1. The molecule has 1 saturated heterocycles. The molecule has 9 heteroatoms. The molecule has 4 N–H and O–H groups in total. The van der Waals surface area contributed by atoms with Crippen molar-refractivity contribution in [2.24, 2.45) is 5.73 Å². The maximum atomic E-state index is 12.1. The number of primary amides is 1. The molecule has 7 nitrogen and oxygen atoms in total. The van der Waals surface area contributed by atoms with Crippen LogP contribution in [0, 0.1) is 0 Å². The van der Waals surface area contributed by atoms with Gasteiger partial charge >= 0.3 is 6.09 Å². The Morgan fingerprint density at radius 1 is 1.50 bits per heavy atom. The summed E-state index contributed by atoms with van der Waals surface area (Å²) in [6.07, 6.45) is -0.0142. The molecule has 0 aliphatic carbocycles. The highest BCUT2D eigenvalue weighted by atomic mass is 79.9. The molecular weight excluding hydrogens is 350 g/mol. The van der Waals surface area contributed by atoms with E-state index >= 15 is 0 Å². The predicted molar refractivity (Wildman–Crippen MR) is 76.9 cm³/mol. The molecule has 2 heterocycles. The number of nitrogens with one attached hydrogen (secondary N) is 1. The number of nitrogens with zero attached hydrogens (tertiary/aromatic N) is 1. The summed E-state index contributed by atoms with van der Waals surface area (Å²) in [6, 6.07) is 0.842. The third-order valence-corrected chi connectivity index (χ3v) is 4.64. The van der Waals surface area contributed by atoms with Gasteiger partial charge in [0.2, 0.25) is 5.91 Å². The SMILES string of the molecule is NC(=O)c1sc(Br)cc1NC(=O)[C@@H]1CCCN1C(=O)O. The maximum Gasteiger partial charge on any atom is 0.407 e. The first-order chi connectivity index (χ1) is 9.40. The van der Waals surface area contributed by atoms with Gasteiger partial charge in [-0.15, -0.1) is 11.3 Å². The van der Waals surface area contributed by atoms with Gasteiger partial charge in [-0.1, -0.05) is 0 Å². The molecule has 1 aliphatic heterocycles. The summed E-state index contributed by atoms with van der Waals surface area (Å²) < 4.78 is 0.656. The molecule has 0 saturated carbocycles. The summed E-state index contributed by atoms with van der Waals surface area (Å²) in [5, 5.41) is 11.6. The lowest BCUT2D eigenvalue weighted by atomic mass is 10.2. The van der Waals surface area contributed by atoms with Gasteiger partial charge in [-0.2, -0.15) is 0 Å². The molecule has 1 aliphatic rings. The Morgan fingerprint density at radius 2 is 2.20 bits per heavy atom. The van der Waals surface area contributed by atoms with E-state index in [1.807, 2.05) is 0 Å². The Hall–Kier alpha value is -1.61. The van der Waals surface area contributed by atoms with E-state index in [2.05, 4.69) is 21.2 Å². The normalized spacial score (nSPS) is 18.1. The van der Waals surface area contributed by atoms with Gasteiger partial charge in [-0.25, -0.2) is 4.79 Å². The van der Waals surface area contributed by atoms with E-state index < -0.39 is 23.9 Å². The van der Waals surface area contributed by atoms with Crippen molar-refractivity contribution in [1.29, 1.82) is 0 Å². The van der Waals surface area contributed by atoms with Crippen LogP contribution in [0.4, 0.5) is 10.5 Å². The second-order valence-electron chi connectivity index (χ2n) is 4.28. The van der Waals surface area contributed by atoms with Crippen molar-refractivity contribution in [2.75, 3.05) is 11.9 Å². The topological polar surface area (TPSA) is 113 Å². The van der Waals surface area contributed by atoms with Crippen LogP contribution >= 0.6 is 27.3 Å². The number of nitrogens with two attached hydrogens (primary N) is 1. The van der Waals surface area contributed by atoms with Gasteiger partial charge in [0.05, 0.1) is 9.47 Å². The lowest BCUT2D eigenvalue weighted by molar-refractivity contribution is -0.119. The Bertz CT molecular complexity index is 574. The van der Waals surface area contributed by atoms with Crippen molar-refractivity contribution in [3.63, 3.8) is 0 Å². The fraction of sp³-hybridized carbons (Fsp3) is 0.364. The number of halogens is 1. The molecule has 1 aromatic heterocycles. The minimum absolute atomic E-state index is 0.227. The first-order valence-electron chi connectivity index (χ1n) is 5.79. The average molecular weight is 362 g/mol. The molecule has 3 amide bonds. The zero-order chi connectivity index (χ0) is 14.9. The van der Waals surface area contributed by atoms with Gasteiger partial charge in [0.15, 0.2) is 0 Å². The summed E-state index contributed by atoms with van der Waals surface area (Å²) in [5.74, 6) is -1.09. The molecule has 1 aromatic rings. The summed E-state index contributed by atoms with van der Waals surface area (Å²) in [6.45, 7) is 0.337. The summed E-state index contributed by atoms with van der Waals surface area (Å²) in [5.41, 5.74) is 5.53. The van der Waals surface area contributed by atoms with E-state index in [1.54, 1.807) is 6.07 Å². The van der Waals surface area contributed by atoms with Crippen LogP contribution in [0.2, 0.25) is 0 Å². The lowest BCUT2D eigenvalue weighted by Crippen LogP contribution is -2.42. The summed E-state index contributed by atoms with van der Waals surface area (Å²) in [4.78, 5) is 35.7. The lowest BCUT2D eigenvalue weighted by Gasteiger charge is -2.20. The molecule has 1 fully saturated rings. The Morgan fingerprint density at radius 3 is 2.80 bits per heavy atom. The minimum atomic E-state index is -1.12. The smallest absolute Gasteiger partial charge is 0.407 e. The van der Waals surface area contributed by atoms with Gasteiger partial charge in [-0.3, -0.25) is 14.5 Å². The van der Waals surface area contributed by atoms with Gasteiger partial charge in [0.25, 0.3) is 5.91 Å². The number of carbonyl (C=O) groups is 3. The second kappa shape index (κ2) is 5.80. The zero-order valence-corrected chi connectivity index (χ0v) is 12.7. The third-order valence-electron chi connectivity index (χ3n) is 2.98. The number of carbonyl (C=O) groups excluding carboxylic acids is 2. The molecule has 0 radical (unpaired) electrons. The van der Waals surface area contributed by atoms with E-state index in [0.717, 1.165) is 16.2 Å². The average Bonchev–Trinajstić information content (AvgIpc) is 2.95. The first kappa shape index (κ1) is 14.8. The van der Waals surface area contributed by atoms with E-state index in [4.69, 9.17) is 10.8 Å². The second-order valence-corrected chi connectivity index (χ2v) is 6.71. The Labute approximate surface area is 126 Å². The molecule has 108 valence electrons. The third kappa shape index (κ3) is 2.93. The van der Waals surface area contributed by atoms with E-state index in [1.165, 1.54) is 0 Å². The number of rotatable bonds is 3. The van der Waals surface area contributed by atoms with Gasteiger partial charge < -0.3 is 16.2 Å². The summed E-state index contributed by atoms with van der Waals surface area (Å²) in [7, 11) is 0. The van der Waals surface area contributed by atoms with E-state index in [9.17, 15) is 14.4 Å². The quantitative estimate of drug-likeness (QED) is 0.759. The van der Waals surface area contributed by atoms with Crippen LogP contribution < -0.4 is 11.1 Å². The highest BCUT2D eigenvalue weighted by Gasteiger charge is 2.34. The molecule has 1 atom stereocenters. The minimum Gasteiger partial charge on any atom is -0.465 e.